The lowest BCUT2D eigenvalue weighted by molar-refractivity contribution is 0.702. The number of hydrogen-bond donors (Lipinski definition) is 1. The van der Waals surface area contributed by atoms with Gasteiger partial charge in [0.15, 0.2) is 0 Å². The van der Waals surface area contributed by atoms with E-state index in [1.54, 1.807) is 0 Å². The first-order valence-electron chi connectivity index (χ1n) is 5.60. The molecule has 0 aromatic carbocycles. The first-order valence-corrected chi connectivity index (χ1v) is 5.60. The van der Waals surface area contributed by atoms with E-state index in [0.717, 1.165) is 31.9 Å². The Morgan fingerprint density at radius 3 is 2.80 bits per heavy atom. The van der Waals surface area contributed by atoms with Crippen molar-refractivity contribution in [3.05, 3.63) is 23.9 Å². The number of nitrogens with zero attached hydrogens (tertiary/aromatic N) is 2. The van der Waals surface area contributed by atoms with Crippen LogP contribution in [0, 0.1) is 6.92 Å². The standard InChI is InChI=1S/C12H21N3/c1-4-8-15(9-7-13-3)12-10-11(2)5-6-14-12/h5-6,10,13H,4,7-9H2,1-3H3. The Morgan fingerprint density at radius 1 is 1.40 bits per heavy atom. The molecule has 1 heterocycles. The summed E-state index contributed by atoms with van der Waals surface area (Å²) < 4.78 is 0. The van der Waals surface area contributed by atoms with Crippen LogP contribution in [0.25, 0.3) is 0 Å². The summed E-state index contributed by atoms with van der Waals surface area (Å²) in [7, 11) is 1.98. The van der Waals surface area contributed by atoms with Crippen molar-refractivity contribution in [3.8, 4) is 0 Å². The molecule has 15 heavy (non-hydrogen) atoms. The maximum atomic E-state index is 4.41. The minimum atomic E-state index is 0.996. The second-order valence-electron chi connectivity index (χ2n) is 3.78. The smallest absolute Gasteiger partial charge is 0.128 e. The van der Waals surface area contributed by atoms with Crippen LogP contribution in [-0.2, 0) is 0 Å². The summed E-state index contributed by atoms with van der Waals surface area (Å²) >= 11 is 0. The van der Waals surface area contributed by atoms with Crippen molar-refractivity contribution >= 4 is 5.82 Å². The molecule has 0 saturated heterocycles. The van der Waals surface area contributed by atoms with Crippen LogP contribution in [0.5, 0.6) is 0 Å². The Balaban J connectivity index is 2.69. The minimum Gasteiger partial charge on any atom is -0.355 e. The van der Waals surface area contributed by atoms with Crippen molar-refractivity contribution in [1.29, 1.82) is 0 Å². The van der Waals surface area contributed by atoms with Crippen LogP contribution in [0.1, 0.15) is 18.9 Å². The minimum absolute atomic E-state index is 0.996. The van der Waals surface area contributed by atoms with Crippen molar-refractivity contribution < 1.29 is 0 Å². The van der Waals surface area contributed by atoms with Gasteiger partial charge in [-0.1, -0.05) is 6.92 Å². The van der Waals surface area contributed by atoms with Crippen molar-refractivity contribution in [2.75, 3.05) is 31.6 Å². The van der Waals surface area contributed by atoms with E-state index in [-0.39, 0.29) is 0 Å². The van der Waals surface area contributed by atoms with Crippen molar-refractivity contribution in [1.82, 2.24) is 10.3 Å². The molecule has 1 aromatic heterocycles. The maximum absolute atomic E-state index is 4.41. The van der Waals surface area contributed by atoms with Gasteiger partial charge in [-0.15, -0.1) is 0 Å². The Kier molecular flexibility index (Phi) is 5.12. The predicted octanol–water partition coefficient (Wildman–Crippen LogP) is 1.83. The number of aromatic nitrogens is 1. The quantitative estimate of drug-likeness (QED) is 0.771. The number of pyridine rings is 1. The molecule has 0 saturated carbocycles. The third-order valence-corrected chi connectivity index (χ3v) is 2.35. The number of nitrogens with one attached hydrogen (secondary N) is 1. The molecule has 0 aliphatic rings. The molecule has 0 aliphatic heterocycles. The number of rotatable bonds is 6. The van der Waals surface area contributed by atoms with Crippen molar-refractivity contribution in [2.45, 2.75) is 20.3 Å². The molecular weight excluding hydrogens is 186 g/mol. The van der Waals surface area contributed by atoms with E-state index in [1.165, 1.54) is 5.56 Å². The highest BCUT2D eigenvalue weighted by atomic mass is 15.2. The van der Waals surface area contributed by atoms with E-state index in [0.29, 0.717) is 0 Å². The molecule has 0 fully saturated rings. The van der Waals surface area contributed by atoms with Gasteiger partial charge in [-0.2, -0.15) is 0 Å². The first-order chi connectivity index (χ1) is 7.27. The molecule has 1 N–H and O–H groups in total. The SMILES string of the molecule is CCCN(CCNC)c1cc(C)ccn1. The normalized spacial score (nSPS) is 10.3. The van der Waals surface area contributed by atoms with Crippen LogP contribution >= 0.6 is 0 Å². The topological polar surface area (TPSA) is 28.2 Å². The molecule has 0 atom stereocenters. The van der Waals surface area contributed by atoms with Crippen molar-refractivity contribution in [3.63, 3.8) is 0 Å². The highest BCUT2D eigenvalue weighted by molar-refractivity contribution is 5.40. The molecule has 0 radical (unpaired) electrons. The fourth-order valence-corrected chi connectivity index (χ4v) is 1.55. The fourth-order valence-electron chi connectivity index (χ4n) is 1.55. The Bertz CT molecular complexity index is 286. The predicted molar refractivity (Wildman–Crippen MR) is 65.4 cm³/mol. The average molecular weight is 207 g/mol. The summed E-state index contributed by atoms with van der Waals surface area (Å²) in [5.41, 5.74) is 1.27. The van der Waals surface area contributed by atoms with Gasteiger partial charge >= 0.3 is 0 Å². The number of hydrogen-bond acceptors (Lipinski definition) is 3. The largest absolute Gasteiger partial charge is 0.355 e. The molecule has 84 valence electrons. The fraction of sp³-hybridized carbons (Fsp3) is 0.583. The molecule has 0 unspecified atom stereocenters. The zero-order valence-corrected chi connectivity index (χ0v) is 9.95. The van der Waals surface area contributed by atoms with Crippen molar-refractivity contribution in [2.24, 2.45) is 0 Å². The van der Waals surface area contributed by atoms with E-state index in [1.807, 2.05) is 19.3 Å². The van der Waals surface area contributed by atoms with Gasteiger partial charge in [-0.05, 0) is 38.1 Å². The van der Waals surface area contributed by atoms with Gasteiger partial charge in [0.05, 0.1) is 0 Å². The van der Waals surface area contributed by atoms with Gasteiger partial charge in [-0.25, -0.2) is 4.98 Å². The summed E-state index contributed by atoms with van der Waals surface area (Å²) in [6.07, 6.45) is 3.03. The van der Waals surface area contributed by atoms with Gasteiger partial charge in [-0.3, -0.25) is 0 Å². The second-order valence-corrected chi connectivity index (χ2v) is 3.78. The molecule has 3 heteroatoms. The van der Waals surface area contributed by atoms with E-state index in [2.05, 4.69) is 35.1 Å². The van der Waals surface area contributed by atoms with Crippen LogP contribution in [0.3, 0.4) is 0 Å². The van der Waals surface area contributed by atoms with E-state index < -0.39 is 0 Å². The Labute approximate surface area is 92.5 Å². The molecule has 0 amide bonds. The van der Waals surface area contributed by atoms with Gasteiger partial charge in [0.2, 0.25) is 0 Å². The summed E-state index contributed by atoms with van der Waals surface area (Å²) in [5, 5.41) is 3.17. The zero-order chi connectivity index (χ0) is 11.1. The third-order valence-electron chi connectivity index (χ3n) is 2.35. The van der Waals surface area contributed by atoms with Crippen LogP contribution in [-0.4, -0.2) is 31.7 Å². The lowest BCUT2D eigenvalue weighted by Gasteiger charge is -2.23. The van der Waals surface area contributed by atoms with Gasteiger partial charge < -0.3 is 10.2 Å². The maximum Gasteiger partial charge on any atom is 0.128 e. The zero-order valence-electron chi connectivity index (χ0n) is 9.95. The first kappa shape index (κ1) is 12.0. The van der Waals surface area contributed by atoms with Crippen LogP contribution < -0.4 is 10.2 Å². The number of anilines is 1. The summed E-state index contributed by atoms with van der Waals surface area (Å²) in [6.45, 7) is 7.38. The molecule has 1 rings (SSSR count). The molecule has 0 spiro atoms. The summed E-state index contributed by atoms with van der Waals surface area (Å²) in [5.74, 6) is 1.09. The van der Waals surface area contributed by atoms with Crippen LogP contribution in [0.2, 0.25) is 0 Å². The monoisotopic (exact) mass is 207 g/mol. The molecule has 1 aromatic rings. The lowest BCUT2D eigenvalue weighted by Crippen LogP contribution is -2.32. The van der Waals surface area contributed by atoms with Gasteiger partial charge in [0.25, 0.3) is 0 Å². The molecular formula is C12H21N3. The highest BCUT2D eigenvalue weighted by Gasteiger charge is 2.05. The number of likely N-dealkylation sites (N-methyl/N-ethyl adjacent to an activating group) is 1. The van der Waals surface area contributed by atoms with Gasteiger partial charge in [0, 0.05) is 25.8 Å². The third kappa shape index (κ3) is 3.88. The Morgan fingerprint density at radius 2 is 2.20 bits per heavy atom. The Hall–Kier alpha value is -1.09. The van der Waals surface area contributed by atoms with E-state index in [4.69, 9.17) is 0 Å². The lowest BCUT2D eigenvalue weighted by atomic mass is 10.3. The van der Waals surface area contributed by atoms with E-state index >= 15 is 0 Å². The summed E-state index contributed by atoms with van der Waals surface area (Å²) in [4.78, 5) is 6.73. The van der Waals surface area contributed by atoms with E-state index in [9.17, 15) is 0 Å². The number of aryl methyl sites for hydroxylation is 1. The average Bonchev–Trinajstić information content (AvgIpc) is 2.24. The molecule has 3 nitrogen and oxygen atoms in total. The van der Waals surface area contributed by atoms with Crippen LogP contribution in [0.15, 0.2) is 18.3 Å². The molecule has 0 aliphatic carbocycles. The molecule has 0 bridgehead atoms. The highest BCUT2D eigenvalue weighted by Crippen LogP contribution is 2.11. The van der Waals surface area contributed by atoms with Crippen LogP contribution in [0.4, 0.5) is 5.82 Å². The summed E-state index contributed by atoms with van der Waals surface area (Å²) in [6, 6.07) is 4.18. The second kappa shape index (κ2) is 6.40. The van der Waals surface area contributed by atoms with Gasteiger partial charge in [0.1, 0.15) is 5.82 Å².